The van der Waals surface area contributed by atoms with Crippen molar-refractivity contribution in [1.29, 1.82) is 0 Å². The Labute approximate surface area is 115 Å². The molecule has 2 aliphatic heterocycles. The number of piperidine rings is 1. The van der Waals surface area contributed by atoms with Crippen molar-refractivity contribution < 1.29 is 0 Å². The molecule has 0 aliphatic carbocycles. The lowest BCUT2D eigenvalue weighted by molar-refractivity contribution is 0.224. The summed E-state index contributed by atoms with van der Waals surface area (Å²) in [6, 6.07) is 0. The topological polar surface area (TPSA) is 15.3 Å². The number of nitrogens with zero attached hydrogens (tertiary/aromatic N) is 1. The fourth-order valence-corrected chi connectivity index (χ4v) is 2.83. The molecular formula is C16H34N2. The van der Waals surface area contributed by atoms with Crippen molar-refractivity contribution in [2.45, 2.75) is 65.2 Å². The van der Waals surface area contributed by atoms with E-state index in [0.717, 1.165) is 5.92 Å². The van der Waals surface area contributed by atoms with Gasteiger partial charge in [-0.05, 0) is 64.3 Å². The normalized spacial score (nSPS) is 24.7. The summed E-state index contributed by atoms with van der Waals surface area (Å²) >= 11 is 0. The second-order valence-electron chi connectivity index (χ2n) is 5.88. The minimum Gasteiger partial charge on any atom is -0.316 e. The molecule has 2 rings (SSSR count). The van der Waals surface area contributed by atoms with Gasteiger partial charge in [0.1, 0.15) is 0 Å². The van der Waals surface area contributed by atoms with Crippen molar-refractivity contribution >= 4 is 0 Å². The highest BCUT2D eigenvalue weighted by molar-refractivity contribution is 4.68. The maximum atomic E-state index is 3.32. The second kappa shape index (κ2) is 10.8. The summed E-state index contributed by atoms with van der Waals surface area (Å²) in [6.45, 7) is 11.1. The zero-order valence-corrected chi connectivity index (χ0v) is 12.7. The Morgan fingerprint density at radius 3 is 2.33 bits per heavy atom. The molecule has 1 atom stereocenters. The van der Waals surface area contributed by atoms with E-state index in [4.69, 9.17) is 0 Å². The zero-order chi connectivity index (χ0) is 13.1. The highest BCUT2D eigenvalue weighted by Crippen LogP contribution is 2.10. The fraction of sp³-hybridized carbons (Fsp3) is 1.00. The average molecular weight is 254 g/mol. The van der Waals surface area contributed by atoms with Gasteiger partial charge in [0.15, 0.2) is 0 Å². The van der Waals surface area contributed by atoms with Crippen LogP contribution in [0.4, 0.5) is 0 Å². The minimum atomic E-state index is 0.986. The zero-order valence-electron chi connectivity index (χ0n) is 12.7. The van der Waals surface area contributed by atoms with Crippen LogP contribution >= 0.6 is 0 Å². The van der Waals surface area contributed by atoms with Crippen LogP contribution in [0.15, 0.2) is 0 Å². The molecule has 2 saturated heterocycles. The Kier molecular flexibility index (Phi) is 9.59. The van der Waals surface area contributed by atoms with Gasteiger partial charge in [-0.25, -0.2) is 0 Å². The van der Waals surface area contributed by atoms with E-state index in [9.17, 15) is 0 Å². The largest absolute Gasteiger partial charge is 0.316 e. The van der Waals surface area contributed by atoms with E-state index in [-0.39, 0.29) is 0 Å². The molecule has 1 unspecified atom stereocenters. The second-order valence-corrected chi connectivity index (χ2v) is 5.88. The SMILES string of the molecule is CCC1CCNC1.CCCCCN1CCCCC1. The predicted molar refractivity (Wildman–Crippen MR) is 81.1 cm³/mol. The number of likely N-dealkylation sites (tertiary alicyclic amines) is 1. The molecule has 0 spiro atoms. The Balaban J connectivity index is 0.000000199. The molecule has 2 heteroatoms. The van der Waals surface area contributed by atoms with E-state index >= 15 is 0 Å². The third-order valence-electron chi connectivity index (χ3n) is 4.27. The summed E-state index contributed by atoms with van der Waals surface area (Å²) < 4.78 is 0. The monoisotopic (exact) mass is 254 g/mol. The molecule has 2 heterocycles. The molecule has 2 aliphatic rings. The molecule has 0 saturated carbocycles. The molecule has 18 heavy (non-hydrogen) atoms. The summed E-state index contributed by atoms with van der Waals surface area (Å²) in [7, 11) is 0. The summed E-state index contributed by atoms with van der Waals surface area (Å²) in [5, 5.41) is 3.32. The molecule has 0 aromatic rings. The van der Waals surface area contributed by atoms with Crippen molar-refractivity contribution in [1.82, 2.24) is 10.2 Å². The van der Waals surface area contributed by atoms with Gasteiger partial charge in [-0.2, -0.15) is 0 Å². The fourth-order valence-electron chi connectivity index (χ4n) is 2.83. The molecule has 2 nitrogen and oxygen atoms in total. The first-order valence-electron chi connectivity index (χ1n) is 8.29. The van der Waals surface area contributed by atoms with E-state index < -0.39 is 0 Å². The molecule has 0 aromatic heterocycles. The van der Waals surface area contributed by atoms with E-state index in [1.165, 1.54) is 84.1 Å². The molecular weight excluding hydrogens is 220 g/mol. The molecule has 108 valence electrons. The van der Waals surface area contributed by atoms with Gasteiger partial charge in [0.05, 0.1) is 0 Å². The predicted octanol–water partition coefficient (Wildman–Crippen LogP) is 3.67. The highest BCUT2D eigenvalue weighted by Gasteiger charge is 2.10. The molecule has 0 bridgehead atoms. The molecule has 0 amide bonds. The van der Waals surface area contributed by atoms with Crippen LogP contribution in [0.25, 0.3) is 0 Å². The summed E-state index contributed by atoms with van der Waals surface area (Å²) in [4.78, 5) is 2.62. The lowest BCUT2D eigenvalue weighted by Crippen LogP contribution is -2.30. The van der Waals surface area contributed by atoms with Crippen LogP contribution < -0.4 is 5.32 Å². The van der Waals surface area contributed by atoms with E-state index in [1.54, 1.807) is 0 Å². The maximum Gasteiger partial charge on any atom is -0.00187 e. The van der Waals surface area contributed by atoms with Gasteiger partial charge in [0.25, 0.3) is 0 Å². The Hall–Kier alpha value is -0.0800. The summed E-state index contributed by atoms with van der Waals surface area (Å²) in [6.07, 6.45) is 11.3. The lowest BCUT2D eigenvalue weighted by Gasteiger charge is -2.26. The minimum absolute atomic E-state index is 0.986. The van der Waals surface area contributed by atoms with Gasteiger partial charge < -0.3 is 10.2 Å². The van der Waals surface area contributed by atoms with Crippen molar-refractivity contribution in [3.63, 3.8) is 0 Å². The number of hydrogen-bond acceptors (Lipinski definition) is 2. The molecule has 0 aromatic carbocycles. The smallest absolute Gasteiger partial charge is 0.00187 e. The number of rotatable bonds is 5. The van der Waals surface area contributed by atoms with Crippen LogP contribution in [0, 0.1) is 5.92 Å². The van der Waals surface area contributed by atoms with Gasteiger partial charge in [-0.1, -0.05) is 39.5 Å². The maximum absolute atomic E-state index is 3.32. The first kappa shape index (κ1) is 16.0. The summed E-state index contributed by atoms with van der Waals surface area (Å²) in [5.74, 6) is 0.986. The molecule has 2 fully saturated rings. The van der Waals surface area contributed by atoms with Crippen LogP contribution in [-0.4, -0.2) is 37.6 Å². The first-order valence-corrected chi connectivity index (χ1v) is 8.29. The highest BCUT2D eigenvalue weighted by atomic mass is 15.1. The van der Waals surface area contributed by atoms with Crippen molar-refractivity contribution in [3.05, 3.63) is 0 Å². The van der Waals surface area contributed by atoms with Crippen molar-refractivity contribution in [2.75, 3.05) is 32.7 Å². The van der Waals surface area contributed by atoms with E-state index in [0.29, 0.717) is 0 Å². The van der Waals surface area contributed by atoms with Crippen LogP contribution in [0.2, 0.25) is 0 Å². The standard InChI is InChI=1S/C10H21N.C6H13N/c1-2-3-5-8-11-9-6-4-7-10-11;1-2-6-3-4-7-5-6/h2-10H2,1H3;6-7H,2-5H2,1H3. The van der Waals surface area contributed by atoms with Gasteiger partial charge in [0, 0.05) is 0 Å². The average Bonchev–Trinajstić information content (AvgIpc) is 2.94. The first-order chi connectivity index (χ1) is 8.86. The third kappa shape index (κ3) is 7.38. The number of hydrogen-bond donors (Lipinski definition) is 1. The van der Waals surface area contributed by atoms with Crippen LogP contribution in [0.1, 0.15) is 65.2 Å². The van der Waals surface area contributed by atoms with Crippen LogP contribution in [-0.2, 0) is 0 Å². The van der Waals surface area contributed by atoms with Crippen LogP contribution in [0.5, 0.6) is 0 Å². The third-order valence-corrected chi connectivity index (χ3v) is 4.27. The number of nitrogens with one attached hydrogen (secondary N) is 1. The quantitative estimate of drug-likeness (QED) is 0.753. The Bertz CT molecular complexity index is 170. The van der Waals surface area contributed by atoms with E-state index in [1.807, 2.05) is 0 Å². The van der Waals surface area contributed by atoms with E-state index in [2.05, 4.69) is 24.1 Å². The number of unbranched alkanes of at least 4 members (excludes halogenated alkanes) is 2. The van der Waals surface area contributed by atoms with Crippen molar-refractivity contribution in [3.8, 4) is 0 Å². The van der Waals surface area contributed by atoms with Gasteiger partial charge >= 0.3 is 0 Å². The Morgan fingerprint density at radius 2 is 1.83 bits per heavy atom. The molecule has 1 N–H and O–H groups in total. The Morgan fingerprint density at radius 1 is 1.06 bits per heavy atom. The van der Waals surface area contributed by atoms with Gasteiger partial charge in [-0.3, -0.25) is 0 Å². The van der Waals surface area contributed by atoms with Gasteiger partial charge in [0.2, 0.25) is 0 Å². The van der Waals surface area contributed by atoms with Gasteiger partial charge in [-0.15, -0.1) is 0 Å². The lowest BCUT2D eigenvalue weighted by atomic mass is 10.1. The van der Waals surface area contributed by atoms with Crippen LogP contribution in [0.3, 0.4) is 0 Å². The summed E-state index contributed by atoms with van der Waals surface area (Å²) in [5.41, 5.74) is 0. The molecule has 0 radical (unpaired) electrons. The van der Waals surface area contributed by atoms with Crippen molar-refractivity contribution in [2.24, 2.45) is 5.92 Å².